The van der Waals surface area contributed by atoms with E-state index in [1.54, 1.807) is 0 Å². The summed E-state index contributed by atoms with van der Waals surface area (Å²) in [5, 5.41) is 9.50. The smallest absolute Gasteiger partial charge is 0.306 e. The Balaban J connectivity index is 3.51. The predicted molar refractivity (Wildman–Crippen MR) is 173 cm³/mol. The first kappa shape index (κ1) is 39.9. The fourth-order valence-corrected chi connectivity index (χ4v) is 5.24. The molecule has 5 nitrogen and oxygen atoms in total. The van der Waals surface area contributed by atoms with Crippen LogP contribution in [0.4, 0.5) is 0 Å². The number of unbranched alkanes of at least 4 members (excludes halogenated alkanes) is 18. The molecule has 0 heterocycles. The number of hydrogen-bond donors (Lipinski definition) is 1. The molecule has 0 bridgehead atoms. The number of carbonyl (C=O) groups excluding carboxylic acids is 2. The SMILES string of the molecule is CCC(C)CCCCCCCCCCCCCCCCC(=O)O[C@@H](CO)COC(=O)CCCCCCCCC(C)C. The first-order chi connectivity index (χ1) is 19.9. The van der Waals surface area contributed by atoms with Crippen molar-refractivity contribution >= 4 is 11.9 Å². The summed E-state index contributed by atoms with van der Waals surface area (Å²) >= 11 is 0. The van der Waals surface area contributed by atoms with Gasteiger partial charge in [-0.2, -0.15) is 0 Å². The number of aliphatic hydroxyl groups is 1. The van der Waals surface area contributed by atoms with Gasteiger partial charge in [-0.3, -0.25) is 9.59 Å². The van der Waals surface area contributed by atoms with Gasteiger partial charge >= 0.3 is 11.9 Å². The van der Waals surface area contributed by atoms with Crippen LogP contribution in [0, 0.1) is 11.8 Å². The number of rotatable bonds is 31. The van der Waals surface area contributed by atoms with Crippen molar-refractivity contribution < 1.29 is 24.2 Å². The summed E-state index contributed by atoms with van der Waals surface area (Å²) in [7, 11) is 0. The second-order valence-corrected chi connectivity index (χ2v) is 13.0. The molecule has 41 heavy (non-hydrogen) atoms. The van der Waals surface area contributed by atoms with E-state index in [0.29, 0.717) is 12.8 Å². The third-order valence-corrected chi connectivity index (χ3v) is 8.37. The number of carbonyl (C=O) groups is 2. The maximum Gasteiger partial charge on any atom is 0.306 e. The lowest BCUT2D eigenvalue weighted by Crippen LogP contribution is -2.28. The monoisotopic (exact) mass is 583 g/mol. The van der Waals surface area contributed by atoms with Crippen molar-refractivity contribution in [3.63, 3.8) is 0 Å². The van der Waals surface area contributed by atoms with Gasteiger partial charge in [0.2, 0.25) is 0 Å². The zero-order chi connectivity index (χ0) is 30.4. The Hall–Kier alpha value is -1.10. The molecule has 0 spiro atoms. The summed E-state index contributed by atoms with van der Waals surface area (Å²) in [6.07, 6.45) is 28.8. The first-order valence-corrected chi connectivity index (χ1v) is 17.8. The van der Waals surface area contributed by atoms with Gasteiger partial charge in [0.05, 0.1) is 6.61 Å². The van der Waals surface area contributed by atoms with Gasteiger partial charge in [-0.05, 0) is 24.7 Å². The largest absolute Gasteiger partial charge is 0.462 e. The highest BCUT2D eigenvalue weighted by Crippen LogP contribution is 2.16. The van der Waals surface area contributed by atoms with Crippen LogP contribution >= 0.6 is 0 Å². The Morgan fingerprint density at radius 1 is 0.561 bits per heavy atom. The van der Waals surface area contributed by atoms with E-state index in [1.807, 2.05) is 0 Å². The van der Waals surface area contributed by atoms with Gasteiger partial charge in [0.1, 0.15) is 6.61 Å². The van der Waals surface area contributed by atoms with E-state index in [0.717, 1.165) is 50.4 Å². The van der Waals surface area contributed by atoms with E-state index in [4.69, 9.17) is 9.47 Å². The molecular weight excluding hydrogens is 512 g/mol. The van der Waals surface area contributed by atoms with Gasteiger partial charge in [-0.1, -0.05) is 163 Å². The van der Waals surface area contributed by atoms with Crippen LogP contribution in [-0.4, -0.2) is 36.4 Å². The standard InChI is InChI=1S/C36H70O5/c1-5-33(4)27-23-19-14-12-10-8-6-7-9-11-13-15-21-25-29-36(39)41-34(30-37)31-40-35(38)28-24-20-17-16-18-22-26-32(2)3/h32-34,37H,5-31H2,1-4H3/t33?,34-/m0/s1. The third kappa shape index (κ3) is 30.2. The molecule has 0 aliphatic rings. The van der Waals surface area contributed by atoms with Gasteiger partial charge < -0.3 is 14.6 Å². The number of hydrogen-bond acceptors (Lipinski definition) is 5. The Morgan fingerprint density at radius 3 is 1.37 bits per heavy atom. The average Bonchev–Trinajstić information content (AvgIpc) is 2.95. The molecule has 0 amide bonds. The molecule has 0 fully saturated rings. The minimum atomic E-state index is -0.762. The topological polar surface area (TPSA) is 72.8 Å². The second kappa shape index (κ2) is 30.4. The van der Waals surface area contributed by atoms with Crippen molar-refractivity contribution in [1.82, 2.24) is 0 Å². The molecule has 1 N–H and O–H groups in total. The molecule has 5 heteroatoms. The van der Waals surface area contributed by atoms with Gasteiger partial charge in [0.15, 0.2) is 6.10 Å². The molecule has 0 aromatic carbocycles. The predicted octanol–water partition coefficient (Wildman–Crippen LogP) is 10.5. The lowest BCUT2D eigenvalue weighted by molar-refractivity contribution is -0.161. The van der Waals surface area contributed by atoms with Crippen LogP contribution in [0.2, 0.25) is 0 Å². The molecule has 0 rings (SSSR count). The van der Waals surface area contributed by atoms with E-state index in [1.165, 1.54) is 109 Å². The van der Waals surface area contributed by atoms with Gasteiger partial charge in [0, 0.05) is 12.8 Å². The summed E-state index contributed by atoms with van der Waals surface area (Å²) in [6, 6.07) is 0. The highest BCUT2D eigenvalue weighted by Gasteiger charge is 2.16. The molecule has 2 atom stereocenters. The van der Waals surface area contributed by atoms with Crippen LogP contribution in [0.3, 0.4) is 0 Å². The molecule has 1 unspecified atom stereocenters. The van der Waals surface area contributed by atoms with Crippen LogP contribution < -0.4 is 0 Å². The van der Waals surface area contributed by atoms with Crippen molar-refractivity contribution in [2.75, 3.05) is 13.2 Å². The first-order valence-electron chi connectivity index (χ1n) is 17.8. The van der Waals surface area contributed by atoms with E-state index >= 15 is 0 Å². The highest BCUT2D eigenvalue weighted by molar-refractivity contribution is 5.70. The van der Waals surface area contributed by atoms with Gasteiger partial charge in [-0.15, -0.1) is 0 Å². The normalized spacial score (nSPS) is 12.9. The van der Waals surface area contributed by atoms with Crippen molar-refractivity contribution in [1.29, 1.82) is 0 Å². The Morgan fingerprint density at radius 2 is 0.951 bits per heavy atom. The minimum absolute atomic E-state index is 0.0609. The van der Waals surface area contributed by atoms with Crippen LogP contribution in [0.15, 0.2) is 0 Å². The molecule has 0 aliphatic carbocycles. The summed E-state index contributed by atoms with van der Waals surface area (Å²) in [6.45, 7) is 8.80. The molecule has 0 saturated carbocycles. The lowest BCUT2D eigenvalue weighted by Gasteiger charge is -2.15. The average molecular weight is 583 g/mol. The highest BCUT2D eigenvalue weighted by atomic mass is 16.6. The van der Waals surface area contributed by atoms with Crippen molar-refractivity contribution in [3.05, 3.63) is 0 Å². The maximum atomic E-state index is 12.1. The molecule has 0 aromatic rings. The molecule has 244 valence electrons. The van der Waals surface area contributed by atoms with E-state index in [-0.39, 0.29) is 25.2 Å². The number of ether oxygens (including phenoxy) is 2. The van der Waals surface area contributed by atoms with Crippen LogP contribution in [0.1, 0.15) is 188 Å². The third-order valence-electron chi connectivity index (χ3n) is 8.37. The zero-order valence-corrected chi connectivity index (χ0v) is 27.9. The maximum absolute atomic E-state index is 12.1. The fraction of sp³-hybridized carbons (Fsp3) is 0.944. The van der Waals surface area contributed by atoms with Crippen LogP contribution in [0.25, 0.3) is 0 Å². The van der Waals surface area contributed by atoms with Crippen molar-refractivity contribution in [3.8, 4) is 0 Å². The fourth-order valence-electron chi connectivity index (χ4n) is 5.24. The Labute approximate surface area is 255 Å². The molecule has 0 aromatic heterocycles. The lowest BCUT2D eigenvalue weighted by atomic mass is 9.99. The second-order valence-electron chi connectivity index (χ2n) is 13.0. The summed E-state index contributed by atoms with van der Waals surface area (Å²) in [4.78, 5) is 24.1. The Kier molecular flexibility index (Phi) is 29.5. The summed E-state index contributed by atoms with van der Waals surface area (Å²) < 4.78 is 10.5. The number of aliphatic hydroxyl groups excluding tert-OH is 1. The molecule has 0 saturated heterocycles. The molecule has 0 radical (unpaired) electrons. The van der Waals surface area contributed by atoms with E-state index in [9.17, 15) is 14.7 Å². The Bertz CT molecular complexity index is 576. The zero-order valence-electron chi connectivity index (χ0n) is 27.9. The number of esters is 2. The van der Waals surface area contributed by atoms with Crippen LogP contribution in [0.5, 0.6) is 0 Å². The van der Waals surface area contributed by atoms with Gasteiger partial charge in [-0.25, -0.2) is 0 Å². The minimum Gasteiger partial charge on any atom is -0.462 e. The van der Waals surface area contributed by atoms with E-state index in [2.05, 4.69) is 27.7 Å². The quantitative estimate of drug-likeness (QED) is 0.0650. The molecule has 0 aliphatic heterocycles. The van der Waals surface area contributed by atoms with Gasteiger partial charge in [0.25, 0.3) is 0 Å². The summed E-state index contributed by atoms with van der Waals surface area (Å²) in [5.41, 5.74) is 0. The van der Waals surface area contributed by atoms with Crippen LogP contribution in [-0.2, 0) is 19.1 Å². The summed E-state index contributed by atoms with van der Waals surface area (Å²) in [5.74, 6) is 1.09. The van der Waals surface area contributed by atoms with Crippen molar-refractivity contribution in [2.24, 2.45) is 11.8 Å². The van der Waals surface area contributed by atoms with Crippen molar-refractivity contribution in [2.45, 2.75) is 194 Å². The molecular formula is C36H70O5. The van der Waals surface area contributed by atoms with E-state index < -0.39 is 6.10 Å².